The highest BCUT2D eigenvalue weighted by atomic mass is 31.2. The second-order valence-corrected chi connectivity index (χ2v) is 17.5. The van der Waals surface area contributed by atoms with Crippen LogP contribution in [0, 0.1) is 0 Å². The van der Waals surface area contributed by atoms with E-state index in [1.807, 2.05) is 27.2 Å². The number of carbonyl (C=O) groups is 1. The van der Waals surface area contributed by atoms with Gasteiger partial charge in [0.05, 0.1) is 39.9 Å². The molecule has 0 heterocycles. The topological polar surface area (TPSA) is 105 Å². The third-order valence-corrected chi connectivity index (χ3v) is 10.7. The summed E-state index contributed by atoms with van der Waals surface area (Å²) >= 11 is 0. The molecule has 0 rings (SSSR count). The van der Waals surface area contributed by atoms with Crippen LogP contribution >= 0.6 is 7.82 Å². The molecule has 0 saturated carbocycles. The molecule has 0 aromatic rings. The van der Waals surface area contributed by atoms with Crippen LogP contribution in [-0.4, -0.2) is 73.4 Å². The number of likely N-dealkylation sites (N-methyl/N-ethyl adjacent to an activating group) is 1. The predicted molar refractivity (Wildman–Crippen MR) is 221 cm³/mol. The second kappa shape index (κ2) is 35.7. The molecule has 1 unspecified atom stereocenters. The van der Waals surface area contributed by atoms with Crippen LogP contribution in [-0.2, 0) is 18.4 Å². The van der Waals surface area contributed by atoms with Crippen molar-refractivity contribution >= 4 is 13.7 Å². The molecule has 0 saturated heterocycles. The number of carbonyl (C=O) groups excluding carboxylic acids is 1. The van der Waals surface area contributed by atoms with Crippen molar-refractivity contribution < 1.29 is 32.9 Å². The molecule has 3 atom stereocenters. The molecule has 0 aromatic carbocycles. The number of hydrogen-bond acceptors (Lipinski definition) is 5. The number of rotatable bonds is 39. The third-order valence-electron chi connectivity index (χ3n) is 9.67. The van der Waals surface area contributed by atoms with Crippen LogP contribution in [0.3, 0.4) is 0 Å². The zero-order valence-electron chi connectivity index (χ0n) is 34.8. The number of allylic oxidation sites excluding steroid dienone is 3. The highest BCUT2D eigenvalue weighted by molar-refractivity contribution is 7.47. The molecule has 1 amide bonds. The zero-order valence-corrected chi connectivity index (χ0v) is 35.7. The van der Waals surface area contributed by atoms with Gasteiger partial charge in [0.2, 0.25) is 5.91 Å². The van der Waals surface area contributed by atoms with Crippen LogP contribution < -0.4 is 5.32 Å². The molecule has 0 aliphatic rings. The van der Waals surface area contributed by atoms with E-state index in [1.165, 1.54) is 135 Å². The van der Waals surface area contributed by atoms with Crippen LogP contribution in [0.5, 0.6) is 0 Å². The SMILES string of the molecule is CCCCCCC/C=C/CC/C=C/[C@@H](O)[C@H](COP(=O)(O)OCC[N+](C)(C)C)NC(=O)CCCCCCCCCCCCCCCCCCCCC. The van der Waals surface area contributed by atoms with E-state index < -0.39 is 20.0 Å². The van der Waals surface area contributed by atoms with Crippen molar-refractivity contribution in [3.05, 3.63) is 24.3 Å². The summed E-state index contributed by atoms with van der Waals surface area (Å²) in [4.78, 5) is 23.0. The van der Waals surface area contributed by atoms with E-state index in [4.69, 9.17) is 9.05 Å². The molecule has 0 spiro atoms. The van der Waals surface area contributed by atoms with Crippen molar-refractivity contribution in [2.75, 3.05) is 40.9 Å². The Bertz CT molecular complexity index is 907. The maximum Gasteiger partial charge on any atom is 0.472 e. The number of nitrogens with zero attached hydrogens (tertiary/aromatic N) is 1. The molecule has 0 fully saturated rings. The van der Waals surface area contributed by atoms with E-state index in [1.54, 1.807) is 6.08 Å². The van der Waals surface area contributed by atoms with Gasteiger partial charge in [-0.25, -0.2) is 4.57 Å². The minimum absolute atomic E-state index is 0.0580. The van der Waals surface area contributed by atoms with Gasteiger partial charge in [-0.3, -0.25) is 13.8 Å². The lowest BCUT2D eigenvalue weighted by molar-refractivity contribution is -0.870. The average molecular weight is 758 g/mol. The Hall–Kier alpha value is -1.02. The van der Waals surface area contributed by atoms with E-state index >= 15 is 0 Å². The van der Waals surface area contributed by atoms with Crippen molar-refractivity contribution in [3.8, 4) is 0 Å². The maximum atomic E-state index is 12.8. The molecular formula is C43H86N2O6P+. The zero-order chi connectivity index (χ0) is 38.6. The lowest BCUT2D eigenvalue weighted by Crippen LogP contribution is -2.45. The predicted octanol–water partition coefficient (Wildman–Crippen LogP) is 11.7. The molecule has 0 aromatic heterocycles. The maximum absolute atomic E-state index is 12.8. The Kier molecular flexibility index (Phi) is 35.0. The first-order valence-corrected chi connectivity index (χ1v) is 23.2. The standard InChI is InChI=1S/C43H85N2O6P/c1-6-8-10-12-14-16-18-19-20-21-22-23-24-25-27-29-31-33-35-37-43(47)44-41(40-51-52(48,49)50-39-38-45(3,4)5)42(46)36-34-32-30-28-26-17-15-13-11-9-7-2/h26,28,34,36,41-42,46H,6-25,27,29-33,35,37-40H2,1-5H3,(H-,44,47,48,49)/p+1/b28-26+,36-34+/t41-,42+/m0/s1. The summed E-state index contributed by atoms with van der Waals surface area (Å²) in [5.41, 5.74) is 0. The summed E-state index contributed by atoms with van der Waals surface area (Å²) in [5.74, 6) is -0.186. The monoisotopic (exact) mass is 758 g/mol. The number of aliphatic hydroxyl groups excluding tert-OH is 1. The summed E-state index contributed by atoms with van der Waals surface area (Å²) in [6, 6.07) is -0.856. The van der Waals surface area contributed by atoms with Crippen LogP contribution in [0.2, 0.25) is 0 Å². The molecule has 3 N–H and O–H groups in total. The number of amides is 1. The minimum atomic E-state index is -4.34. The van der Waals surface area contributed by atoms with E-state index in [0.717, 1.165) is 38.5 Å². The molecule has 0 bridgehead atoms. The van der Waals surface area contributed by atoms with E-state index in [-0.39, 0.29) is 19.1 Å². The van der Waals surface area contributed by atoms with Gasteiger partial charge in [-0.15, -0.1) is 0 Å². The van der Waals surface area contributed by atoms with Crippen molar-refractivity contribution in [2.45, 2.75) is 206 Å². The Morgan fingerprint density at radius 2 is 1.06 bits per heavy atom. The normalized spacial score (nSPS) is 14.7. The van der Waals surface area contributed by atoms with Gasteiger partial charge >= 0.3 is 7.82 Å². The van der Waals surface area contributed by atoms with Crippen LogP contribution in [0.15, 0.2) is 24.3 Å². The molecule has 0 aliphatic carbocycles. The van der Waals surface area contributed by atoms with Crippen LogP contribution in [0.25, 0.3) is 0 Å². The van der Waals surface area contributed by atoms with E-state index in [9.17, 15) is 19.4 Å². The number of quaternary nitrogens is 1. The summed E-state index contributed by atoms with van der Waals surface area (Å²) in [5, 5.41) is 13.7. The van der Waals surface area contributed by atoms with Crippen molar-refractivity contribution in [2.24, 2.45) is 0 Å². The lowest BCUT2D eigenvalue weighted by Gasteiger charge is -2.25. The van der Waals surface area contributed by atoms with Gasteiger partial charge in [-0.05, 0) is 32.1 Å². The van der Waals surface area contributed by atoms with Gasteiger partial charge in [0.1, 0.15) is 13.2 Å². The first-order valence-electron chi connectivity index (χ1n) is 21.7. The largest absolute Gasteiger partial charge is 0.472 e. The quantitative estimate of drug-likeness (QED) is 0.0250. The Morgan fingerprint density at radius 3 is 1.54 bits per heavy atom. The summed E-state index contributed by atoms with van der Waals surface area (Å²) in [7, 11) is 1.56. The van der Waals surface area contributed by atoms with Gasteiger partial charge in [0.25, 0.3) is 0 Å². The van der Waals surface area contributed by atoms with Crippen LogP contribution in [0.1, 0.15) is 194 Å². The third kappa shape index (κ3) is 37.3. The molecule has 308 valence electrons. The van der Waals surface area contributed by atoms with E-state index in [2.05, 4.69) is 31.3 Å². The van der Waals surface area contributed by atoms with Crippen molar-refractivity contribution in [1.29, 1.82) is 0 Å². The Labute approximate surface area is 322 Å². The Balaban J connectivity index is 4.36. The van der Waals surface area contributed by atoms with Crippen molar-refractivity contribution in [3.63, 3.8) is 0 Å². The average Bonchev–Trinajstić information content (AvgIpc) is 3.09. The van der Waals surface area contributed by atoms with Crippen LogP contribution in [0.4, 0.5) is 0 Å². The summed E-state index contributed by atoms with van der Waals surface area (Å²) < 4.78 is 23.5. The van der Waals surface area contributed by atoms with Gasteiger partial charge in [0.15, 0.2) is 0 Å². The van der Waals surface area contributed by atoms with Gasteiger partial charge in [-0.1, -0.05) is 179 Å². The number of hydrogen-bond donors (Lipinski definition) is 3. The minimum Gasteiger partial charge on any atom is -0.387 e. The van der Waals surface area contributed by atoms with Gasteiger partial charge in [0, 0.05) is 6.42 Å². The summed E-state index contributed by atoms with van der Waals surface area (Å²) in [6.45, 7) is 4.77. The highest BCUT2D eigenvalue weighted by Crippen LogP contribution is 2.43. The number of unbranched alkanes of at least 4 members (excludes halogenated alkanes) is 24. The van der Waals surface area contributed by atoms with Gasteiger partial charge in [-0.2, -0.15) is 0 Å². The summed E-state index contributed by atoms with van der Waals surface area (Å²) in [6.07, 6.45) is 41.1. The Morgan fingerprint density at radius 1 is 0.635 bits per heavy atom. The second-order valence-electron chi connectivity index (χ2n) is 16.1. The fraction of sp³-hybridized carbons (Fsp3) is 0.884. The first-order chi connectivity index (χ1) is 25.0. The number of nitrogens with one attached hydrogen (secondary N) is 1. The molecular weight excluding hydrogens is 671 g/mol. The lowest BCUT2D eigenvalue weighted by atomic mass is 10.0. The fourth-order valence-corrected chi connectivity index (χ4v) is 6.91. The first kappa shape index (κ1) is 51.0. The van der Waals surface area contributed by atoms with E-state index in [0.29, 0.717) is 17.4 Å². The molecule has 0 aliphatic heterocycles. The number of aliphatic hydroxyl groups is 1. The van der Waals surface area contributed by atoms with Gasteiger partial charge < -0.3 is 19.8 Å². The molecule has 8 nitrogen and oxygen atoms in total. The number of phosphoric ester groups is 1. The molecule has 9 heteroatoms. The smallest absolute Gasteiger partial charge is 0.387 e. The highest BCUT2D eigenvalue weighted by Gasteiger charge is 2.27. The van der Waals surface area contributed by atoms with Crippen molar-refractivity contribution in [1.82, 2.24) is 5.32 Å². The molecule has 0 radical (unpaired) electrons. The molecule has 52 heavy (non-hydrogen) atoms. The fourth-order valence-electron chi connectivity index (χ4n) is 6.17. The number of phosphoric acid groups is 1.